The highest BCUT2D eigenvalue weighted by atomic mass is 79.9. The van der Waals surface area contributed by atoms with E-state index in [-0.39, 0.29) is 21.8 Å². The lowest BCUT2D eigenvalue weighted by Gasteiger charge is -2.36. The van der Waals surface area contributed by atoms with Crippen LogP contribution in [0.2, 0.25) is 0 Å². The molecule has 0 fully saturated rings. The van der Waals surface area contributed by atoms with Crippen molar-refractivity contribution in [2.24, 2.45) is 5.41 Å². The fraction of sp³-hybridized carbons (Fsp3) is 0.429. The van der Waals surface area contributed by atoms with Gasteiger partial charge in [-0.05, 0) is 47.0 Å². The fourth-order valence-corrected chi connectivity index (χ4v) is 6.38. The number of anilines is 2. The molecule has 4 nitrogen and oxygen atoms in total. The molecule has 6 heteroatoms. The average molecular weight is 452 g/mol. The summed E-state index contributed by atoms with van der Waals surface area (Å²) in [5.41, 5.74) is 1.26. The predicted octanol–water partition coefficient (Wildman–Crippen LogP) is 5.67. The number of hydrogen-bond donors (Lipinski definition) is 1. The van der Waals surface area contributed by atoms with Crippen molar-refractivity contribution >= 4 is 37.1 Å². The first-order valence-electron chi connectivity index (χ1n) is 9.40. The molecule has 1 atom stereocenters. The molecular formula is C21H26BrNO3S. The molecule has 1 N–H and O–H groups in total. The summed E-state index contributed by atoms with van der Waals surface area (Å²) >= 11 is 3.35. The van der Waals surface area contributed by atoms with Crippen LogP contribution in [0.4, 0.5) is 11.4 Å². The third kappa shape index (κ3) is 4.02. The molecule has 1 unspecified atom stereocenters. The maximum absolute atomic E-state index is 13.3. The molecule has 1 heterocycles. The van der Waals surface area contributed by atoms with Crippen LogP contribution >= 0.6 is 15.9 Å². The van der Waals surface area contributed by atoms with Gasteiger partial charge in [0, 0.05) is 23.7 Å². The third-order valence-electron chi connectivity index (χ3n) is 5.52. The number of phenolic OH excluding ortho intramolecular Hbond substituents is 1. The van der Waals surface area contributed by atoms with Crippen LogP contribution in [0.15, 0.2) is 51.8 Å². The van der Waals surface area contributed by atoms with Gasteiger partial charge in [-0.15, -0.1) is 0 Å². The quantitative estimate of drug-likeness (QED) is 0.636. The number of halogens is 1. The van der Waals surface area contributed by atoms with E-state index >= 15 is 0 Å². The summed E-state index contributed by atoms with van der Waals surface area (Å²) in [5, 5.41) is 10.2. The smallest absolute Gasteiger partial charge is 0.181 e. The van der Waals surface area contributed by atoms with E-state index in [0.717, 1.165) is 31.4 Å². The Labute approximate surface area is 170 Å². The standard InChI is InChI=1S/C21H26BrNO3S/c1-3-5-11-21(4-2)14-23(16-9-7-6-8-10-16)18-12-17(22)19(24)13-20(18)27(25,26)15-21/h6-10,12-13,24H,3-5,11,14-15H2,1-2H3. The summed E-state index contributed by atoms with van der Waals surface area (Å²) in [7, 11) is -3.53. The van der Waals surface area contributed by atoms with Crippen LogP contribution in [0.25, 0.3) is 0 Å². The maximum Gasteiger partial charge on any atom is 0.181 e. The minimum Gasteiger partial charge on any atom is -0.507 e. The molecule has 27 heavy (non-hydrogen) atoms. The summed E-state index contributed by atoms with van der Waals surface area (Å²) in [6.07, 6.45) is 3.68. The van der Waals surface area contributed by atoms with Gasteiger partial charge < -0.3 is 10.0 Å². The van der Waals surface area contributed by atoms with Crippen LogP contribution in [0.5, 0.6) is 5.75 Å². The van der Waals surface area contributed by atoms with E-state index in [0.29, 0.717) is 16.7 Å². The van der Waals surface area contributed by atoms with Gasteiger partial charge in [0.1, 0.15) is 5.75 Å². The molecule has 0 aliphatic carbocycles. The number of benzene rings is 2. The highest BCUT2D eigenvalue weighted by Crippen LogP contribution is 2.46. The lowest BCUT2D eigenvalue weighted by atomic mass is 9.81. The van der Waals surface area contributed by atoms with Gasteiger partial charge in [-0.1, -0.05) is 44.9 Å². The van der Waals surface area contributed by atoms with Crippen molar-refractivity contribution in [3.63, 3.8) is 0 Å². The van der Waals surface area contributed by atoms with Gasteiger partial charge in [-0.25, -0.2) is 8.42 Å². The molecule has 0 saturated heterocycles. The highest BCUT2D eigenvalue weighted by Gasteiger charge is 2.41. The Bertz CT molecular complexity index is 915. The van der Waals surface area contributed by atoms with E-state index in [4.69, 9.17) is 0 Å². The lowest BCUT2D eigenvalue weighted by molar-refractivity contribution is 0.290. The number of rotatable bonds is 5. The summed E-state index contributed by atoms with van der Waals surface area (Å²) in [6.45, 7) is 4.85. The number of sulfone groups is 1. The molecule has 1 aliphatic rings. The van der Waals surface area contributed by atoms with Crippen LogP contribution < -0.4 is 4.90 Å². The molecule has 3 rings (SSSR count). The van der Waals surface area contributed by atoms with E-state index in [2.05, 4.69) is 34.7 Å². The first-order chi connectivity index (χ1) is 12.8. The van der Waals surface area contributed by atoms with E-state index in [1.807, 2.05) is 30.3 Å². The minimum atomic E-state index is -3.53. The van der Waals surface area contributed by atoms with Crippen LogP contribution in [0.1, 0.15) is 39.5 Å². The van der Waals surface area contributed by atoms with E-state index in [1.165, 1.54) is 6.07 Å². The molecule has 0 bridgehead atoms. The number of unbranched alkanes of at least 4 members (excludes halogenated alkanes) is 1. The second-order valence-electron chi connectivity index (χ2n) is 7.41. The molecule has 0 aromatic heterocycles. The number of aromatic hydroxyl groups is 1. The van der Waals surface area contributed by atoms with Gasteiger partial charge >= 0.3 is 0 Å². The number of para-hydroxylation sites is 1. The Kier molecular flexibility index (Phi) is 5.87. The first kappa shape index (κ1) is 20.2. The normalized spacial score (nSPS) is 21.5. The largest absolute Gasteiger partial charge is 0.507 e. The molecular weight excluding hydrogens is 426 g/mol. The number of fused-ring (bicyclic) bond motifs is 1. The van der Waals surface area contributed by atoms with Gasteiger partial charge in [0.05, 0.1) is 20.8 Å². The van der Waals surface area contributed by atoms with Crippen molar-refractivity contribution < 1.29 is 13.5 Å². The minimum absolute atomic E-state index is 0.0529. The van der Waals surface area contributed by atoms with Gasteiger partial charge in [-0.2, -0.15) is 0 Å². The van der Waals surface area contributed by atoms with Crippen LogP contribution in [0, 0.1) is 5.41 Å². The summed E-state index contributed by atoms with van der Waals surface area (Å²) in [6, 6.07) is 13.0. The first-order valence-corrected chi connectivity index (χ1v) is 11.8. The molecule has 0 radical (unpaired) electrons. The fourth-order valence-electron chi connectivity index (χ4n) is 3.87. The van der Waals surface area contributed by atoms with Crippen LogP contribution in [0.3, 0.4) is 0 Å². The zero-order valence-corrected chi connectivity index (χ0v) is 18.2. The maximum atomic E-state index is 13.3. The second-order valence-corrected chi connectivity index (χ2v) is 10.2. The number of phenols is 1. The predicted molar refractivity (Wildman–Crippen MR) is 114 cm³/mol. The van der Waals surface area contributed by atoms with Crippen LogP contribution in [-0.2, 0) is 9.84 Å². The number of nitrogens with zero attached hydrogens (tertiary/aromatic N) is 1. The monoisotopic (exact) mass is 451 g/mol. The van der Waals surface area contributed by atoms with Crippen molar-refractivity contribution in [1.82, 2.24) is 0 Å². The van der Waals surface area contributed by atoms with Crippen molar-refractivity contribution in [2.75, 3.05) is 17.2 Å². The Morgan fingerprint density at radius 2 is 1.89 bits per heavy atom. The van der Waals surface area contributed by atoms with Crippen molar-refractivity contribution in [3.05, 3.63) is 46.9 Å². The van der Waals surface area contributed by atoms with Crippen molar-refractivity contribution in [1.29, 1.82) is 0 Å². The van der Waals surface area contributed by atoms with Gasteiger partial charge in [0.2, 0.25) is 0 Å². The summed E-state index contributed by atoms with van der Waals surface area (Å²) in [5.74, 6) is 0.0522. The molecule has 2 aromatic rings. The molecule has 0 amide bonds. The highest BCUT2D eigenvalue weighted by molar-refractivity contribution is 9.10. The SMILES string of the molecule is CCCCC1(CC)CN(c2ccccc2)c2cc(Br)c(O)cc2S(=O)(=O)C1. The van der Waals surface area contributed by atoms with Gasteiger partial charge in [0.25, 0.3) is 0 Å². The lowest BCUT2D eigenvalue weighted by Crippen LogP contribution is -2.37. The zero-order chi connectivity index (χ0) is 19.7. The molecule has 146 valence electrons. The van der Waals surface area contributed by atoms with E-state index in [1.54, 1.807) is 6.07 Å². The van der Waals surface area contributed by atoms with Gasteiger partial charge in [-0.3, -0.25) is 0 Å². The van der Waals surface area contributed by atoms with E-state index < -0.39 is 9.84 Å². The average Bonchev–Trinajstić information content (AvgIpc) is 2.75. The topological polar surface area (TPSA) is 57.6 Å². The van der Waals surface area contributed by atoms with Crippen LogP contribution in [-0.4, -0.2) is 25.8 Å². The third-order valence-corrected chi connectivity index (χ3v) is 8.15. The Morgan fingerprint density at radius 1 is 1.19 bits per heavy atom. The van der Waals surface area contributed by atoms with Crippen molar-refractivity contribution in [3.8, 4) is 5.75 Å². The summed E-state index contributed by atoms with van der Waals surface area (Å²) in [4.78, 5) is 2.31. The Balaban J connectivity index is 2.24. The Hall–Kier alpha value is -1.53. The Morgan fingerprint density at radius 3 is 2.52 bits per heavy atom. The zero-order valence-electron chi connectivity index (χ0n) is 15.8. The second kappa shape index (κ2) is 7.84. The summed E-state index contributed by atoms with van der Waals surface area (Å²) < 4.78 is 27.1. The number of hydrogen-bond acceptors (Lipinski definition) is 4. The van der Waals surface area contributed by atoms with Gasteiger partial charge in [0.15, 0.2) is 9.84 Å². The van der Waals surface area contributed by atoms with E-state index in [9.17, 15) is 13.5 Å². The molecule has 2 aromatic carbocycles. The molecule has 0 spiro atoms. The van der Waals surface area contributed by atoms with Crippen molar-refractivity contribution in [2.45, 2.75) is 44.4 Å². The molecule has 0 saturated carbocycles. The molecule has 1 aliphatic heterocycles.